The van der Waals surface area contributed by atoms with Gasteiger partial charge < -0.3 is 21.7 Å². The van der Waals surface area contributed by atoms with E-state index in [0.717, 1.165) is 5.56 Å². The maximum absolute atomic E-state index is 11.9. The lowest BCUT2D eigenvalue weighted by atomic mass is 9.70. The van der Waals surface area contributed by atoms with E-state index >= 15 is 0 Å². The maximum Gasteiger partial charge on any atom is 0.223 e. The zero-order valence-corrected chi connectivity index (χ0v) is 14.3. The molecule has 25 heavy (non-hydrogen) atoms. The molecule has 1 saturated carbocycles. The van der Waals surface area contributed by atoms with Crippen molar-refractivity contribution in [3.63, 3.8) is 0 Å². The summed E-state index contributed by atoms with van der Waals surface area (Å²) >= 11 is 0. The molecule has 1 fully saturated rings. The quantitative estimate of drug-likeness (QED) is 0.552. The van der Waals surface area contributed by atoms with Crippen molar-refractivity contribution in [1.29, 1.82) is 0 Å². The highest BCUT2D eigenvalue weighted by atomic mass is 16.3. The molecule has 0 bridgehead atoms. The minimum atomic E-state index is -1.29. The molecule has 0 spiro atoms. The van der Waals surface area contributed by atoms with Crippen LogP contribution in [0.1, 0.15) is 37.7 Å². The molecule has 137 valence electrons. The van der Waals surface area contributed by atoms with Crippen molar-refractivity contribution >= 4 is 11.8 Å². The molecule has 2 amide bonds. The zero-order valence-electron chi connectivity index (χ0n) is 14.3. The van der Waals surface area contributed by atoms with E-state index in [2.05, 4.69) is 0 Å². The first-order valence-corrected chi connectivity index (χ1v) is 8.68. The summed E-state index contributed by atoms with van der Waals surface area (Å²) in [7, 11) is 0. The van der Waals surface area contributed by atoms with E-state index in [4.69, 9.17) is 11.5 Å². The van der Waals surface area contributed by atoms with Crippen LogP contribution >= 0.6 is 0 Å². The van der Waals surface area contributed by atoms with E-state index in [1.165, 1.54) is 0 Å². The molecule has 2 rings (SSSR count). The Kier molecular flexibility index (Phi) is 6.56. The number of nitrogens with two attached hydrogens (primary N) is 2. The average Bonchev–Trinajstić information content (AvgIpc) is 2.58. The highest BCUT2D eigenvalue weighted by Gasteiger charge is 2.44. The van der Waals surface area contributed by atoms with Crippen molar-refractivity contribution in [3.05, 3.63) is 42.3 Å². The van der Waals surface area contributed by atoms with Gasteiger partial charge in [-0.05, 0) is 50.5 Å². The summed E-state index contributed by atoms with van der Waals surface area (Å²) in [4.78, 5) is 23.1. The van der Waals surface area contributed by atoms with E-state index in [0.29, 0.717) is 19.3 Å². The van der Waals surface area contributed by atoms with Gasteiger partial charge in [0.15, 0.2) is 0 Å². The highest BCUT2D eigenvalue weighted by Crippen LogP contribution is 2.39. The van der Waals surface area contributed by atoms with Crippen LogP contribution in [-0.2, 0) is 16.0 Å². The lowest BCUT2D eigenvalue weighted by Gasteiger charge is -2.40. The topological polar surface area (TPSA) is 127 Å². The Balaban J connectivity index is 1.93. The van der Waals surface area contributed by atoms with E-state index in [1.54, 1.807) is 6.42 Å². The molecule has 6 N–H and O–H groups in total. The fourth-order valence-corrected chi connectivity index (χ4v) is 3.57. The van der Waals surface area contributed by atoms with Crippen LogP contribution in [0.15, 0.2) is 30.3 Å². The van der Waals surface area contributed by atoms with Crippen molar-refractivity contribution in [2.75, 3.05) is 0 Å². The van der Waals surface area contributed by atoms with Gasteiger partial charge in [0.2, 0.25) is 11.8 Å². The van der Waals surface area contributed by atoms with Gasteiger partial charge in [-0.25, -0.2) is 0 Å². The standard InChI is InChI=1S/C19H27N2O4/c20-17(23)14-8-10-19(25,11-9-14)16(18(21)24)12-15(22)7-6-13-4-2-1-3-5-13/h1-5,7,14-16,22,25H,6,8-12H2,(H2,20,23)(H2,21,24)/t14?,15-,16+,19?/m0/s1. The van der Waals surface area contributed by atoms with Crippen molar-refractivity contribution < 1.29 is 19.8 Å². The molecular formula is C19H27N2O4. The molecule has 1 aliphatic carbocycles. The number of primary amides is 2. The summed E-state index contributed by atoms with van der Waals surface area (Å²) in [6.45, 7) is 0. The molecule has 0 aromatic heterocycles. The van der Waals surface area contributed by atoms with Crippen molar-refractivity contribution in [1.82, 2.24) is 0 Å². The fourth-order valence-electron chi connectivity index (χ4n) is 3.57. The largest absolute Gasteiger partial charge is 0.393 e. The number of rotatable bonds is 8. The SMILES string of the molecule is NC(=O)C1CCC(O)([C@H](C[C@@H](O)[CH]Cc2ccccc2)C(N)=O)CC1. The molecule has 1 aromatic rings. The first-order valence-electron chi connectivity index (χ1n) is 8.68. The number of aliphatic hydroxyl groups excluding tert-OH is 1. The Hall–Kier alpha value is -1.92. The summed E-state index contributed by atoms with van der Waals surface area (Å²) in [5.74, 6) is -2.15. The van der Waals surface area contributed by atoms with Crippen LogP contribution in [0.5, 0.6) is 0 Å². The minimum Gasteiger partial charge on any atom is -0.393 e. The number of amides is 2. The second kappa shape index (κ2) is 8.45. The fraction of sp³-hybridized carbons (Fsp3) is 0.526. The number of benzene rings is 1. The molecule has 0 aliphatic heterocycles. The Morgan fingerprint density at radius 2 is 1.80 bits per heavy atom. The first-order chi connectivity index (χ1) is 11.8. The van der Waals surface area contributed by atoms with E-state index in [9.17, 15) is 19.8 Å². The molecule has 2 atom stereocenters. The molecule has 6 nitrogen and oxygen atoms in total. The second-order valence-electron chi connectivity index (χ2n) is 6.96. The third-order valence-corrected chi connectivity index (χ3v) is 5.19. The third-order valence-electron chi connectivity index (χ3n) is 5.19. The normalized spacial score (nSPS) is 25.9. The molecular weight excluding hydrogens is 320 g/mol. The van der Waals surface area contributed by atoms with Gasteiger partial charge in [-0.1, -0.05) is 30.3 Å². The third kappa shape index (κ3) is 5.28. The van der Waals surface area contributed by atoms with Gasteiger partial charge in [-0.2, -0.15) is 0 Å². The first kappa shape index (κ1) is 19.4. The molecule has 0 unspecified atom stereocenters. The van der Waals surface area contributed by atoms with Crippen LogP contribution in [0.2, 0.25) is 0 Å². The summed E-state index contributed by atoms with van der Waals surface area (Å²) in [6, 6.07) is 9.66. The highest BCUT2D eigenvalue weighted by molar-refractivity contribution is 5.79. The molecule has 1 radical (unpaired) electrons. The molecule has 6 heteroatoms. The molecule has 1 aliphatic rings. The number of aliphatic hydroxyl groups is 2. The van der Waals surface area contributed by atoms with Crippen LogP contribution in [0.25, 0.3) is 0 Å². The van der Waals surface area contributed by atoms with Crippen molar-refractivity contribution in [2.45, 2.75) is 50.2 Å². The Bertz CT molecular complexity index is 582. The number of hydrogen-bond acceptors (Lipinski definition) is 4. The Morgan fingerprint density at radius 1 is 1.20 bits per heavy atom. The minimum absolute atomic E-state index is 0.0694. The second-order valence-corrected chi connectivity index (χ2v) is 6.96. The van der Waals surface area contributed by atoms with Gasteiger partial charge in [-0.3, -0.25) is 9.59 Å². The van der Waals surface area contributed by atoms with E-state index in [-0.39, 0.29) is 31.1 Å². The van der Waals surface area contributed by atoms with Gasteiger partial charge in [0.05, 0.1) is 17.6 Å². The summed E-state index contributed by atoms with van der Waals surface area (Å²) < 4.78 is 0. The van der Waals surface area contributed by atoms with Gasteiger partial charge in [-0.15, -0.1) is 0 Å². The van der Waals surface area contributed by atoms with E-state index < -0.39 is 23.5 Å². The van der Waals surface area contributed by atoms with Crippen LogP contribution < -0.4 is 11.5 Å². The molecule has 1 aromatic carbocycles. The van der Waals surface area contributed by atoms with Crippen LogP contribution in [0, 0.1) is 18.3 Å². The van der Waals surface area contributed by atoms with Crippen LogP contribution in [-0.4, -0.2) is 33.7 Å². The lowest BCUT2D eigenvalue weighted by molar-refractivity contribution is -0.139. The van der Waals surface area contributed by atoms with Gasteiger partial charge >= 0.3 is 0 Å². The number of carbonyl (C=O) groups is 2. The van der Waals surface area contributed by atoms with Crippen molar-refractivity contribution in [3.8, 4) is 0 Å². The van der Waals surface area contributed by atoms with Crippen molar-refractivity contribution in [2.24, 2.45) is 23.3 Å². The maximum atomic E-state index is 11.9. The van der Waals surface area contributed by atoms with Gasteiger partial charge in [0, 0.05) is 5.92 Å². The lowest BCUT2D eigenvalue weighted by Crippen LogP contribution is -2.49. The molecule has 0 heterocycles. The van der Waals surface area contributed by atoms with Gasteiger partial charge in [0.25, 0.3) is 0 Å². The average molecular weight is 347 g/mol. The molecule has 0 saturated heterocycles. The number of carbonyl (C=O) groups excluding carboxylic acids is 2. The predicted octanol–water partition coefficient (Wildman–Crippen LogP) is 0.692. The summed E-state index contributed by atoms with van der Waals surface area (Å²) in [5, 5.41) is 21.1. The predicted molar refractivity (Wildman–Crippen MR) is 93.9 cm³/mol. The number of hydrogen-bond donors (Lipinski definition) is 4. The Labute approximate surface area is 148 Å². The van der Waals surface area contributed by atoms with Gasteiger partial charge in [0.1, 0.15) is 0 Å². The van der Waals surface area contributed by atoms with Crippen LogP contribution in [0.4, 0.5) is 0 Å². The van der Waals surface area contributed by atoms with Crippen LogP contribution in [0.3, 0.4) is 0 Å². The monoisotopic (exact) mass is 347 g/mol. The zero-order chi connectivity index (χ0) is 18.4. The Morgan fingerprint density at radius 3 is 2.32 bits per heavy atom. The van der Waals surface area contributed by atoms with E-state index in [1.807, 2.05) is 30.3 Å². The smallest absolute Gasteiger partial charge is 0.223 e. The summed E-state index contributed by atoms with van der Waals surface area (Å²) in [5.41, 5.74) is 10.6. The summed E-state index contributed by atoms with van der Waals surface area (Å²) in [6.07, 6.45) is 2.91.